The fourth-order valence-corrected chi connectivity index (χ4v) is 2.64. The molecule has 2 N–H and O–H groups in total. The fourth-order valence-electron chi connectivity index (χ4n) is 2.64. The first-order valence-corrected chi connectivity index (χ1v) is 6.92. The van der Waals surface area contributed by atoms with E-state index >= 15 is 0 Å². The molecule has 4 heteroatoms. The Bertz CT molecular complexity index is 397. The summed E-state index contributed by atoms with van der Waals surface area (Å²) in [5, 5.41) is 0. The fraction of sp³-hybridized carbons (Fsp3) is 0.714. The highest BCUT2D eigenvalue weighted by Crippen LogP contribution is 2.28. The monoisotopic (exact) mass is 248 g/mol. The summed E-state index contributed by atoms with van der Waals surface area (Å²) in [7, 11) is 2.14. The van der Waals surface area contributed by atoms with Crippen molar-refractivity contribution in [1.82, 2.24) is 9.97 Å². The maximum absolute atomic E-state index is 5.84. The summed E-state index contributed by atoms with van der Waals surface area (Å²) in [5.74, 6) is 1.24. The maximum Gasteiger partial charge on any atom is 0.131 e. The van der Waals surface area contributed by atoms with Gasteiger partial charge in [0.05, 0.1) is 17.6 Å². The molecule has 1 saturated carbocycles. The molecular weight excluding hydrogens is 224 g/mol. The highest BCUT2D eigenvalue weighted by Gasteiger charge is 2.22. The lowest BCUT2D eigenvalue weighted by molar-refractivity contribution is 0.643. The minimum Gasteiger partial charge on any atom is -0.369 e. The smallest absolute Gasteiger partial charge is 0.131 e. The van der Waals surface area contributed by atoms with E-state index < -0.39 is 0 Å². The van der Waals surface area contributed by atoms with E-state index in [2.05, 4.69) is 35.8 Å². The molecule has 0 aromatic carbocycles. The number of hydrogen-bond acceptors (Lipinski definition) is 4. The van der Waals surface area contributed by atoms with E-state index in [0.29, 0.717) is 18.5 Å². The van der Waals surface area contributed by atoms with Gasteiger partial charge in [0.15, 0.2) is 0 Å². The Kier molecular flexibility index (Phi) is 4.17. The third kappa shape index (κ3) is 2.64. The van der Waals surface area contributed by atoms with Crippen LogP contribution in [-0.4, -0.2) is 23.1 Å². The van der Waals surface area contributed by atoms with Crippen LogP contribution in [0.15, 0.2) is 6.20 Å². The molecule has 2 rings (SSSR count). The summed E-state index contributed by atoms with van der Waals surface area (Å²) in [4.78, 5) is 11.4. The molecule has 1 aliphatic rings. The van der Waals surface area contributed by atoms with Gasteiger partial charge in [0.2, 0.25) is 0 Å². The van der Waals surface area contributed by atoms with Crippen LogP contribution in [-0.2, 0) is 6.54 Å². The largest absolute Gasteiger partial charge is 0.369 e. The zero-order valence-corrected chi connectivity index (χ0v) is 11.7. The molecule has 1 aromatic rings. The Labute approximate surface area is 110 Å². The average Bonchev–Trinajstić information content (AvgIpc) is 2.90. The zero-order valence-electron chi connectivity index (χ0n) is 11.7. The third-order valence-corrected chi connectivity index (χ3v) is 3.83. The number of rotatable bonds is 4. The number of nitrogens with two attached hydrogens (primary N) is 1. The number of nitrogens with zero attached hydrogens (tertiary/aromatic N) is 3. The second-order valence-electron chi connectivity index (χ2n) is 5.47. The van der Waals surface area contributed by atoms with Gasteiger partial charge in [-0.15, -0.1) is 0 Å². The number of anilines is 1. The Hall–Kier alpha value is -1.16. The van der Waals surface area contributed by atoms with E-state index in [9.17, 15) is 0 Å². The van der Waals surface area contributed by atoms with Gasteiger partial charge < -0.3 is 10.6 Å². The molecule has 4 nitrogen and oxygen atoms in total. The predicted octanol–water partition coefficient (Wildman–Crippen LogP) is 2.44. The molecular formula is C14H24N4. The summed E-state index contributed by atoms with van der Waals surface area (Å²) in [6.07, 6.45) is 7.15. The van der Waals surface area contributed by atoms with Gasteiger partial charge in [0.25, 0.3) is 0 Å². The lowest BCUT2D eigenvalue weighted by Gasteiger charge is -2.28. The van der Waals surface area contributed by atoms with E-state index in [-0.39, 0.29) is 0 Å². The first kappa shape index (κ1) is 13.3. The van der Waals surface area contributed by atoms with Crippen molar-refractivity contribution < 1.29 is 0 Å². The van der Waals surface area contributed by atoms with E-state index in [1.807, 2.05) is 6.20 Å². The van der Waals surface area contributed by atoms with Gasteiger partial charge in [-0.1, -0.05) is 26.7 Å². The van der Waals surface area contributed by atoms with Gasteiger partial charge in [-0.3, -0.25) is 0 Å². The molecule has 1 aliphatic carbocycles. The normalized spacial score (nSPS) is 16.5. The first-order chi connectivity index (χ1) is 8.63. The van der Waals surface area contributed by atoms with Crippen LogP contribution in [0.5, 0.6) is 0 Å². The topological polar surface area (TPSA) is 55.0 Å². The molecule has 0 aliphatic heterocycles. The van der Waals surface area contributed by atoms with Crippen molar-refractivity contribution in [3.05, 3.63) is 17.7 Å². The molecule has 0 amide bonds. The summed E-state index contributed by atoms with van der Waals surface area (Å²) >= 11 is 0. The van der Waals surface area contributed by atoms with Crippen molar-refractivity contribution in [2.24, 2.45) is 5.73 Å². The molecule has 1 heterocycles. The summed E-state index contributed by atoms with van der Waals surface area (Å²) in [6.45, 7) is 4.70. The van der Waals surface area contributed by atoms with Gasteiger partial charge in [-0.25, -0.2) is 9.97 Å². The lowest BCUT2D eigenvalue weighted by atomic mass is 10.1. The van der Waals surface area contributed by atoms with Crippen molar-refractivity contribution in [1.29, 1.82) is 0 Å². The summed E-state index contributed by atoms with van der Waals surface area (Å²) in [6, 6.07) is 0.629. The maximum atomic E-state index is 5.84. The average molecular weight is 248 g/mol. The second kappa shape index (κ2) is 5.65. The van der Waals surface area contributed by atoms with Crippen LogP contribution in [0.2, 0.25) is 0 Å². The lowest BCUT2D eigenvalue weighted by Crippen LogP contribution is -2.30. The molecule has 0 unspecified atom stereocenters. The van der Waals surface area contributed by atoms with Crippen molar-refractivity contribution in [2.45, 2.75) is 58.0 Å². The van der Waals surface area contributed by atoms with Gasteiger partial charge in [0.1, 0.15) is 5.82 Å². The van der Waals surface area contributed by atoms with Crippen LogP contribution < -0.4 is 10.6 Å². The Morgan fingerprint density at radius 1 is 1.39 bits per heavy atom. The van der Waals surface area contributed by atoms with Crippen molar-refractivity contribution in [3.8, 4) is 0 Å². The Balaban J connectivity index is 2.26. The second-order valence-corrected chi connectivity index (χ2v) is 5.47. The molecule has 1 fully saturated rings. The van der Waals surface area contributed by atoms with Crippen LogP contribution in [0.3, 0.4) is 0 Å². The van der Waals surface area contributed by atoms with Gasteiger partial charge in [-0.2, -0.15) is 0 Å². The van der Waals surface area contributed by atoms with Crippen LogP contribution >= 0.6 is 0 Å². The third-order valence-electron chi connectivity index (χ3n) is 3.83. The van der Waals surface area contributed by atoms with Crippen LogP contribution in [0, 0.1) is 0 Å². The minimum absolute atomic E-state index is 0.348. The van der Waals surface area contributed by atoms with Crippen LogP contribution in [0.25, 0.3) is 0 Å². The SMILES string of the molecule is CC(C)c1ncc(N(C)C2CCCC2)c(CN)n1. The highest BCUT2D eigenvalue weighted by molar-refractivity contribution is 5.49. The van der Waals surface area contributed by atoms with Crippen LogP contribution in [0.1, 0.15) is 57.0 Å². The van der Waals surface area contributed by atoms with Crippen LogP contribution in [0.4, 0.5) is 5.69 Å². The Morgan fingerprint density at radius 3 is 2.61 bits per heavy atom. The predicted molar refractivity (Wildman–Crippen MR) is 74.7 cm³/mol. The van der Waals surface area contributed by atoms with E-state index in [0.717, 1.165) is 17.2 Å². The molecule has 18 heavy (non-hydrogen) atoms. The van der Waals surface area contributed by atoms with Crippen molar-refractivity contribution >= 4 is 5.69 Å². The Morgan fingerprint density at radius 2 is 2.06 bits per heavy atom. The zero-order chi connectivity index (χ0) is 13.1. The van der Waals surface area contributed by atoms with Gasteiger partial charge >= 0.3 is 0 Å². The van der Waals surface area contributed by atoms with E-state index in [1.165, 1.54) is 25.7 Å². The molecule has 1 aromatic heterocycles. The summed E-state index contributed by atoms with van der Waals surface area (Å²) in [5.41, 5.74) is 7.92. The van der Waals surface area contributed by atoms with E-state index in [1.54, 1.807) is 0 Å². The van der Waals surface area contributed by atoms with E-state index in [4.69, 9.17) is 5.73 Å². The number of hydrogen-bond donors (Lipinski definition) is 1. The number of aromatic nitrogens is 2. The molecule has 100 valence electrons. The first-order valence-electron chi connectivity index (χ1n) is 6.92. The molecule has 0 spiro atoms. The quantitative estimate of drug-likeness (QED) is 0.889. The van der Waals surface area contributed by atoms with Gasteiger partial charge in [-0.05, 0) is 12.8 Å². The van der Waals surface area contributed by atoms with Crippen molar-refractivity contribution in [3.63, 3.8) is 0 Å². The molecule has 0 atom stereocenters. The van der Waals surface area contributed by atoms with Gasteiger partial charge in [0, 0.05) is 25.6 Å². The molecule has 0 saturated heterocycles. The molecule has 0 radical (unpaired) electrons. The highest BCUT2D eigenvalue weighted by atomic mass is 15.2. The molecule has 0 bridgehead atoms. The van der Waals surface area contributed by atoms with Crippen molar-refractivity contribution in [2.75, 3.05) is 11.9 Å². The standard InChI is InChI=1S/C14H24N4/c1-10(2)14-16-9-13(12(8-15)17-14)18(3)11-6-4-5-7-11/h9-11H,4-8,15H2,1-3H3. The minimum atomic E-state index is 0.348. The summed E-state index contributed by atoms with van der Waals surface area (Å²) < 4.78 is 0.